The number of hydrogen-bond acceptors (Lipinski definition) is 3. The first kappa shape index (κ1) is 10.3. The van der Waals surface area contributed by atoms with Crippen LogP contribution < -0.4 is 5.73 Å². The summed E-state index contributed by atoms with van der Waals surface area (Å²) in [5.41, 5.74) is 5.47. The largest absolute Gasteiger partial charge is 0.409 e. The minimum atomic E-state index is 0.322. The van der Waals surface area contributed by atoms with Crippen LogP contribution in [0, 0.1) is 0 Å². The fourth-order valence-corrected chi connectivity index (χ4v) is 1.43. The van der Waals surface area contributed by atoms with E-state index in [0.717, 1.165) is 6.54 Å². The quantitative estimate of drug-likeness (QED) is 0.281. The summed E-state index contributed by atoms with van der Waals surface area (Å²) >= 11 is 0. The average molecular weight is 185 g/mol. The number of unbranched alkanes of at least 4 members (excludes halogenated alkanes) is 1. The van der Waals surface area contributed by atoms with Crippen LogP contribution >= 0.6 is 0 Å². The van der Waals surface area contributed by atoms with Gasteiger partial charge in [-0.15, -0.1) is 0 Å². The second kappa shape index (κ2) is 5.07. The van der Waals surface area contributed by atoms with Gasteiger partial charge >= 0.3 is 0 Å². The van der Waals surface area contributed by atoms with Crippen molar-refractivity contribution in [3.05, 3.63) is 0 Å². The fraction of sp³-hybridized carbons (Fsp3) is 0.889. The molecule has 76 valence electrons. The van der Waals surface area contributed by atoms with Crippen LogP contribution in [0.1, 0.15) is 32.6 Å². The number of nitrogens with zero attached hydrogens (tertiary/aromatic N) is 2. The summed E-state index contributed by atoms with van der Waals surface area (Å²) in [6.45, 7) is 3.85. The van der Waals surface area contributed by atoms with E-state index in [1.165, 1.54) is 25.7 Å². The number of nitrogens with two attached hydrogens (primary N) is 1. The molecule has 0 radical (unpaired) electrons. The topological polar surface area (TPSA) is 61.8 Å². The molecule has 1 rings (SSSR count). The van der Waals surface area contributed by atoms with Crippen LogP contribution in [0.5, 0.6) is 0 Å². The SMILES string of the molecule is CCCCN(CC(N)=NO)C1CC1. The van der Waals surface area contributed by atoms with Crippen molar-refractivity contribution in [2.75, 3.05) is 13.1 Å². The van der Waals surface area contributed by atoms with E-state index in [0.29, 0.717) is 18.4 Å². The maximum absolute atomic E-state index is 8.45. The standard InChI is InChI=1S/C9H19N3O/c1-2-3-6-12(8-4-5-8)7-9(10)11-13/h8,13H,2-7H2,1H3,(H2,10,11). The molecule has 4 nitrogen and oxygen atoms in total. The minimum Gasteiger partial charge on any atom is -0.409 e. The molecule has 1 aliphatic rings. The zero-order chi connectivity index (χ0) is 9.68. The van der Waals surface area contributed by atoms with Crippen LogP contribution in [0.4, 0.5) is 0 Å². The van der Waals surface area contributed by atoms with E-state index in [-0.39, 0.29) is 0 Å². The highest BCUT2D eigenvalue weighted by Crippen LogP contribution is 2.26. The third-order valence-electron chi connectivity index (χ3n) is 2.36. The lowest BCUT2D eigenvalue weighted by Gasteiger charge is -2.20. The molecule has 0 aromatic carbocycles. The molecule has 0 atom stereocenters. The first-order chi connectivity index (χ1) is 6.27. The van der Waals surface area contributed by atoms with Gasteiger partial charge < -0.3 is 10.9 Å². The van der Waals surface area contributed by atoms with Crippen molar-refractivity contribution < 1.29 is 5.21 Å². The summed E-state index contributed by atoms with van der Waals surface area (Å²) in [4.78, 5) is 2.30. The summed E-state index contributed by atoms with van der Waals surface area (Å²) in [6.07, 6.45) is 4.92. The van der Waals surface area contributed by atoms with Crippen molar-refractivity contribution >= 4 is 5.84 Å². The van der Waals surface area contributed by atoms with Crippen molar-refractivity contribution in [2.24, 2.45) is 10.9 Å². The van der Waals surface area contributed by atoms with E-state index < -0.39 is 0 Å². The summed E-state index contributed by atoms with van der Waals surface area (Å²) in [5.74, 6) is 0.322. The molecule has 0 unspecified atom stereocenters. The lowest BCUT2D eigenvalue weighted by molar-refractivity contribution is 0.281. The Kier molecular flexibility index (Phi) is 4.02. The number of amidine groups is 1. The lowest BCUT2D eigenvalue weighted by Crippen LogP contribution is -2.36. The Morgan fingerprint density at radius 2 is 2.31 bits per heavy atom. The van der Waals surface area contributed by atoms with Crippen molar-refractivity contribution in [3.63, 3.8) is 0 Å². The lowest BCUT2D eigenvalue weighted by atomic mass is 10.3. The second-order valence-corrected chi connectivity index (χ2v) is 3.65. The highest BCUT2D eigenvalue weighted by Gasteiger charge is 2.28. The van der Waals surface area contributed by atoms with Crippen LogP contribution in [-0.4, -0.2) is 35.1 Å². The fourth-order valence-electron chi connectivity index (χ4n) is 1.43. The van der Waals surface area contributed by atoms with Gasteiger partial charge in [0.1, 0.15) is 0 Å². The smallest absolute Gasteiger partial charge is 0.153 e. The molecule has 0 amide bonds. The van der Waals surface area contributed by atoms with E-state index in [1.807, 2.05) is 0 Å². The van der Waals surface area contributed by atoms with Gasteiger partial charge in [-0.25, -0.2) is 0 Å². The molecule has 0 aromatic rings. The number of oxime groups is 1. The third kappa shape index (κ3) is 3.63. The van der Waals surface area contributed by atoms with Crippen LogP contribution in [0.2, 0.25) is 0 Å². The molecule has 1 aliphatic carbocycles. The maximum atomic E-state index is 8.45. The molecule has 4 heteroatoms. The zero-order valence-electron chi connectivity index (χ0n) is 8.24. The first-order valence-electron chi connectivity index (χ1n) is 4.98. The van der Waals surface area contributed by atoms with E-state index in [9.17, 15) is 0 Å². The summed E-state index contributed by atoms with van der Waals surface area (Å²) < 4.78 is 0. The van der Waals surface area contributed by atoms with Gasteiger partial charge in [-0.2, -0.15) is 0 Å². The first-order valence-corrected chi connectivity index (χ1v) is 4.98. The Hall–Kier alpha value is -0.770. The molecular weight excluding hydrogens is 166 g/mol. The highest BCUT2D eigenvalue weighted by molar-refractivity contribution is 5.81. The molecule has 0 saturated heterocycles. The normalized spacial score (nSPS) is 18.2. The summed E-state index contributed by atoms with van der Waals surface area (Å²) in [5, 5.41) is 11.4. The Labute approximate surface area is 79.4 Å². The van der Waals surface area contributed by atoms with Crippen molar-refractivity contribution in [3.8, 4) is 0 Å². The zero-order valence-corrected chi connectivity index (χ0v) is 8.24. The van der Waals surface area contributed by atoms with Gasteiger partial charge in [0.25, 0.3) is 0 Å². The van der Waals surface area contributed by atoms with Crippen LogP contribution in [0.25, 0.3) is 0 Å². The highest BCUT2D eigenvalue weighted by atomic mass is 16.4. The Bertz CT molecular complexity index is 178. The van der Waals surface area contributed by atoms with Gasteiger partial charge in [0.05, 0.1) is 6.54 Å². The average Bonchev–Trinajstić information content (AvgIpc) is 2.94. The van der Waals surface area contributed by atoms with Crippen molar-refractivity contribution in [2.45, 2.75) is 38.6 Å². The van der Waals surface area contributed by atoms with Gasteiger partial charge in [0, 0.05) is 6.04 Å². The Morgan fingerprint density at radius 1 is 1.62 bits per heavy atom. The summed E-state index contributed by atoms with van der Waals surface area (Å²) in [7, 11) is 0. The predicted molar refractivity (Wildman–Crippen MR) is 52.9 cm³/mol. The van der Waals surface area contributed by atoms with Gasteiger partial charge in [0.2, 0.25) is 0 Å². The van der Waals surface area contributed by atoms with Gasteiger partial charge in [-0.3, -0.25) is 4.90 Å². The van der Waals surface area contributed by atoms with Crippen LogP contribution in [0.15, 0.2) is 5.16 Å². The van der Waals surface area contributed by atoms with Gasteiger partial charge in [-0.05, 0) is 25.8 Å². The molecule has 0 spiro atoms. The van der Waals surface area contributed by atoms with Gasteiger partial charge in [-0.1, -0.05) is 18.5 Å². The third-order valence-corrected chi connectivity index (χ3v) is 2.36. The van der Waals surface area contributed by atoms with Crippen molar-refractivity contribution in [1.29, 1.82) is 0 Å². The Morgan fingerprint density at radius 3 is 2.77 bits per heavy atom. The van der Waals surface area contributed by atoms with Crippen LogP contribution in [-0.2, 0) is 0 Å². The molecule has 0 aromatic heterocycles. The molecule has 0 aliphatic heterocycles. The number of rotatable bonds is 6. The maximum Gasteiger partial charge on any atom is 0.153 e. The van der Waals surface area contributed by atoms with Crippen molar-refractivity contribution in [1.82, 2.24) is 4.90 Å². The predicted octanol–water partition coefficient (Wildman–Crippen LogP) is 0.997. The molecule has 3 N–H and O–H groups in total. The molecular formula is C9H19N3O. The molecule has 1 saturated carbocycles. The Balaban J connectivity index is 2.29. The van der Waals surface area contributed by atoms with E-state index in [2.05, 4.69) is 17.0 Å². The van der Waals surface area contributed by atoms with E-state index in [4.69, 9.17) is 10.9 Å². The monoisotopic (exact) mass is 185 g/mol. The van der Waals surface area contributed by atoms with Crippen LogP contribution in [0.3, 0.4) is 0 Å². The molecule has 13 heavy (non-hydrogen) atoms. The van der Waals surface area contributed by atoms with Gasteiger partial charge in [0.15, 0.2) is 5.84 Å². The number of hydrogen-bond donors (Lipinski definition) is 2. The summed E-state index contributed by atoms with van der Waals surface area (Å²) in [6, 6.07) is 0.687. The molecule has 0 heterocycles. The minimum absolute atomic E-state index is 0.322. The van der Waals surface area contributed by atoms with E-state index >= 15 is 0 Å². The molecule has 0 bridgehead atoms. The molecule has 1 fully saturated rings. The second-order valence-electron chi connectivity index (χ2n) is 3.65. The van der Waals surface area contributed by atoms with E-state index in [1.54, 1.807) is 0 Å².